The normalized spacial score (nSPS) is 31.9. The van der Waals surface area contributed by atoms with E-state index < -0.39 is 23.8 Å². The molecule has 17 heavy (non-hydrogen) atoms. The van der Waals surface area contributed by atoms with Crippen LogP contribution in [-0.4, -0.2) is 46.9 Å². The van der Waals surface area contributed by atoms with E-state index in [1.165, 1.54) is 4.90 Å². The predicted molar refractivity (Wildman–Crippen MR) is 58.0 cm³/mol. The summed E-state index contributed by atoms with van der Waals surface area (Å²) in [6.45, 7) is 2.77. The molecule has 0 aromatic carbocycles. The van der Waals surface area contributed by atoms with Gasteiger partial charge in [0.25, 0.3) is 0 Å². The Morgan fingerprint density at radius 1 is 1.47 bits per heavy atom. The lowest BCUT2D eigenvalue weighted by atomic mass is 10.1. The summed E-state index contributed by atoms with van der Waals surface area (Å²) in [5.41, 5.74) is 0. The van der Waals surface area contributed by atoms with Crippen molar-refractivity contribution in [1.82, 2.24) is 10.2 Å². The van der Waals surface area contributed by atoms with E-state index in [0.717, 1.165) is 0 Å². The molecule has 0 aromatic rings. The summed E-state index contributed by atoms with van der Waals surface area (Å²) < 4.78 is 0. The van der Waals surface area contributed by atoms with Gasteiger partial charge in [-0.05, 0) is 12.8 Å². The molecule has 1 heterocycles. The number of aliphatic carboxylic acids is 1. The van der Waals surface area contributed by atoms with Crippen molar-refractivity contribution < 1.29 is 19.5 Å². The average Bonchev–Trinajstić information content (AvgIpc) is 3.07. The molecule has 2 amide bonds. The maximum Gasteiger partial charge on any atom is 0.307 e. The van der Waals surface area contributed by atoms with Gasteiger partial charge in [-0.3, -0.25) is 14.4 Å². The van der Waals surface area contributed by atoms with Gasteiger partial charge in [-0.15, -0.1) is 0 Å². The lowest BCUT2D eigenvalue weighted by Gasteiger charge is -2.34. The summed E-state index contributed by atoms with van der Waals surface area (Å²) in [6, 6.07) is -0.439. The minimum Gasteiger partial charge on any atom is -0.481 e. The van der Waals surface area contributed by atoms with Crippen molar-refractivity contribution in [2.45, 2.75) is 25.8 Å². The number of carboxylic acid groups (broad SMARTS) is 1. The Bertz CT molecular complexity index is 368. The number of rotatable bonds is 3. The lowest BCUT2D eigenvalue weighted by molar-refractivity contribution is -0.146. The Morgan fingerprint density at radius 2 is 2.18 bits per heavy atom. The molecule has 2 rings (SSSR count). The standard InChI is InChI=1S/C11H16N2O4/c1-2-8-9(14)12-3-4-13(8)10(15)6-5-7(6)11(16)17/h6-8H,2-5H2,1H3,(H,12,14)(H,16,17)/t6-,7+,8+/m0/s1. The zero-order valence-electron chi connectivity index (χ0n) is 9.68. The van der Waals surface area contributed by atoms with Gasteiger partial charge in [0.15, 0.2) is 0 Å². The van der Waals surface area contributed by atoms with Crippen molar-refractivity contribution in [2.75, 3.05) is 13.1 Å². The number of nitrogens with one attached hydrogen (secondary N) is 1. The van der Waals surface area contributed by atoms with E-state index in [4.69, 9.17) is 5.11 Å². The first-order valence-electron chi connectivity index (χ1n) is 5.87. The van der Waals surface area contributed by atoms with Crippen molar-refractivity contribution in [3.63, 3.8) is 0 Å². The molecule has 0 aromatic heterocycles. The van der Waals surface area contributed by atoms with Gasteiger partial charge in [0.05, 0.1) is 11.8 Å². The smallest absolute Gasteiger partial charge is 0.307 e. The minimum absolute atomic E-state index is 0.139. The Hall–Kier alpha value is -1.59. The molecule has 0 radical (unpaired) electrons. The molecule has 1 aliphatic heterocycles. The van der Waals surface area contributed by atoms with E-state index in [0.29, 0.717) is 25.9 Å². The van der Waals surface area contributed by atoms with Crippen molar-refractivity contribution >= 4 is 17.8 Å². The molecule has 2 aliphatic rings. The lowest BCUT2D eigenvalue weighted by Crippen LogP contribution is -2.57. The third-order valence-electron chi connectivity index (χ3n) is 3.43. The molecular weight excluding hydrogens is 224 g/mol. The molecular formula is C11H16N2O4. The molecule has 0 unspecified atom stereocenters. The number of amides is 2. The second-order valence-corrected chi connectivity index (χ2v) is 4.53. The second kappa shape index (κ2) is 4.35. The topological polar surface area (TPSA) is 86.7 Å². The number of hydrogen-bond acceptors (Lipinski definition) is 3. The Balaban J connectivity index is 2.03. The molecule has 2 N–H and O–H groups in total. The SMILES string of the molecule is CC[C@@H]1C(=O)NCCN1C(=O)[C@H]1C[C@H]1C(=O)O. The van der Waals surface area contributed by atoms with Crippen molar-refractivity contribution in [3.8, 4) is 0 Å². The molecule has 2 fully saturated rings. The minimum atomic E-state index is -0.919. The molecule has 1 saturated carbocycles. The fourth-order valence-electron chi connectivity index (χ4n) is 2.34. The van der Waals surface area contributed by atoms with Gasteiger partial charge in [-0.25, -0.2) is 0 Å². The average molecular weight is 240 g/mol. The molecule has 0 bridgehead atoms. The van der Waals surface area contributed by atoms with Crippen LogP contribution in [0.4, 0.5) is 0 Å². The maximum atomic E-state index is 12.1. The Labute approximate surface area is 99.0 Å². The van der Waals surface area contributed by atoms with Crippen LogP contribution < -0.4 is 5.32 Å². The summed E-state index contributed by atoms with van der Waals surface area (Å²) >= 11 is 0. The highest BCUT2D eigenvalue weighted by Gasteiger charge is 2.51. The number of nitrogens with zero attached hydrogens (tertiary/aromatic N) is 1. The molecule has 6 nitrogen and oxygen atoms in total. The molecule has 1 saturated heterocycles. The summed E-state index contributed by atoms with van der Waals surface area (Å²) in [5, 5.41) is 11.5. The largest absolute Gasteiger partial charge is 0.481 e. The van der Waals surface area contributed by atoms with E-state index in [1.54, 1.807) is 0 Å². The summed E-state index contributed by atoms with van der Waals surface area (Å²) in [5.74, 6) is -2.21. The van der Waals surface area contributed by atoms with Crippen LogP contribution >= 0.6 is 0 Å². The highest BCUT2D eigenvalue weighted by Crippen LogP contribution is 2.40. The molecule has 1 aliphatic carbocycles. The van der Waals surface area contributed by atoms with E-state index in [1.807, 2.05) is 6.92 Å². The Morgan fingerprint density at radius 3 is 2.71 bits per heavy atom. The number of piperazine rings is 1. The third-order valence-corrected chi connectivity index (χ3v) is 3.43. The van der Waals surface area contributed by atoms with E-state index >= 15 is 0 Å². The highest BCUT2D eigenvalue weighted by molar-refractivity contribution is 5.93. The molecule has 0 spiro atoms. The fourth-order valence-corrected chi connectivity index (χ4v) is 2.34. The van der Waals surface area contributed by atoms with Crippen LogP contribution in [0.15, 0.2) is 0 Å². The van der Waals surface area contributed by atoms with Gasteiger partial charge in [-0.1, -0.05) is 6.92 Å². The van der Waals surface area contributed by atoms with E-state index in [-0.39, 0.29) is 11.8 Å². The van der Waals surface area contributed by atoms with Gasteiger partial charge in [-0.2, -0.15) is 0 Å². The van der Waals surface area contributed by atoms with Gasteiger partial charge in [0.1, 0.15) is 6.04 Å². The molecule has 3 atom stereocenters. The van der Waals surface area contributed by atoms with Gasteiger partial charge in [0.2, 0.25) is 11.8 Å². The Kier molecular flexibility index (Phi) is 3.04. The molecule has 6 heteroatoms. The summed E-state index contributed by atoms with van der Waals surface area (Å²) in [7, 11) is 0. The summed E-state index contributed by atoms with van der Waals surface area (Å²) in [4.78, 5) is 35.9. The van der Waals surface area contributed by atoms with Gasteiger partial charge < -0.3 is 15.3 Å². The van der Waals surface area contributed by atoms with E-state index in [2.05, 4.69) is 5.32 Å². The van der Waals surface area contributed by atoms with Crippen LogP contribution in [0.1, 0.15) is 19.8 Å². The van der Waals surface area contributed by atoms with Crippen LogP contribution in [-0.2, 0) is 14.4 Å². The van der Waals surface area contributed by atoms with E-state index in [9.17, 15) is 14.4 Å². The third kappa shape index (κ3) is 2.11. The number of carbonyl (C=O) groups is 3. The predicted octanol–water partition coefficient (Wildman–Crippen LogP) is -0.556. The van der Waals surface area contributed by atoms with Crippen LogP contribution in [0, 0.1) is 11.8 Å². The molecule has 94 valence electrons. The maximum absolute atomic E-state index is 12.1. The first-order chi connectivity index (χ1) is 8.06. The van der Waals surface area contributed by atoms with Gasteiger partial charge in [0, 0.05) is 13.1 Å². The van der Waals surface area contributed by atoms with Crippen molar-refractivity contribution in [3.05, 3.63) is 0 Å². The zero-order chi connectivity index (χ0) is 12.6. The van der Waals surface area contributed by atoms with Crippen LogP contribution in [0.25, 0.3) is 0 Å². The fraction of sp³-hybridized carbons (Fsp3) is 0.727. The zero-order valence-corrected chi connectivity index (χ0v) is 9.68. The monoisotopic (exact) mass is 240 g/mol. The first-order valence-corrected chi connectivity index (χ1v) is 5.87. The second-order valence-electron chi connectivity index (χ2n) is 4.53. The van der Waals surface area contributed by atoms with Gasteiger partial charge >= 0.3 is 5.97 Å². The number of carbonyl (C=O) groups excluding carboxylic acids is 2. The van der Waals surface area contributed by atoms with Crippen LogP contribution in [0.2, 0.25) is 0 Å². The summed E-state index contributed by atoms with van der Waals surface area (Å²) in [6.07, 6.45) is 0.963. The van der Waals surface area contributed by atoms with Crippen molar-refractivity contribution in [1.29, 1.82) is 0 Å². The van der Waals surface area contributed by atoms with Crippen molar-refractivity contribution in [2.24, 2.45) is 11.8 Å². The van der Waals surface area contributed by atoms with Crippen LogP contribution in [0.3, 0.4) is 0 Å². The number of carboxylic acids is 1. The first kappa shape index (κ1) is 11.9. The quantitative estimate of drug-likeness (QED) is 0.692. The van der Waals surface area contributed by atoms with Crippen LogP contribution in [0.5, 0.6) is 0 Å². The highest BCUT2D eigenvalue weighted by atomic mass is 16.4. The number of hydrogen-bond donors (Lipinski definition) is 2.